The highest BCUT2D eigenvalue weighted by Crippen LogP contribution is 2.31. The van der Waals surface area contributed by atoms with E-state index in [4.69, 9.17) is 4.74 Å². The van der Waals surface area contributed by atoms with E-state index >= 15 is 0 Å². The van der Waals surface area contributed by atoms with Crippen molar-refractivity contribution in [3.05, 3.63) is 66.4 Å². The van der Waals surface area contributed by atoms with E-state index in [1.54, 1.807) is 6.20 Å². The zero-order valence-corrected chi connectivity index (χ0v) is 20.2. The first-order chi connectivity index (χ1) is 16.5. The number of hydrogen-bond acceptors (Lipinski definition) is 5. The van der Waals surface area contributed by atoms with Crippen LogP contribution >= 0.6 is 0 Å². The lowest BCUT2D eigenvalue weighted by Gasteiger charge is -2.35. The van der Waals surface area contributed by atoms with Crippen LogP contribution in [-0.2, 0) is 17.9 Å². The second-order valence-corrected chi connectivity index (χ2v) is 9.28. The van der Waals surface area contributed by atoms with Crippen LogP contribution in [-0.4, -0.2) is 46.6 Å². The molecule has 5 rings (SSSR count). The van der Waals surface area contributed by atoms with E-state index in [-0.39, 0.29) is 11.9 Å². The van der Waals surface area contributed by atoms with Crippen molar-refractivity contribution in [1.29, 1.82) is 0 Å². The molecule has 3 heterocycles. The molecule has 1 aliphatic rings. The number of piperazine rings is 1. The summed E-state index contributed by atoms with van der Waals surface area (Å²) in [5.41, 5.74) is 3.94. The van der Waals surface area contributed by atoms with Gasteiger partial charge in [-0.2, -0.15) is 0 Å². The molecular formula is C28H32N4O2. The number of para-hydroxylation sites is 1. The minimum Gasteiger partial charge on any atom is -0.422 e. The lowest BCUT2D eigenvalue weighted by molar-refractivity contribution is -0.137. The van der Waals surface area contributed by atoms with E-state index in [1.165, 1.54) is 27.4 Å². The summed E-state index contributed by atoms with van der Waals surface area (Å²) >= 11 is 0. The highest BCUT2D eigenvalue weighted by molar-refractivity contribution is 6.08. The molecule has 176 valence electrons. The van der Waals surface area contributed by atoms with E-state index in [1.807, 2.05) is 26.0 Å². The number of carbonyl (C=O) groups is 1. The quantitative estimate of drug-likeness (QED) is 0.378. The number of ether oxygens (including phenoxy) is 1. The van der Waals surface area contributed by atoms with Gasteiger partial charge in [0.15, 0.2) is 11.6 Å². The minimum absolute atomic E-state index is 0.173. The molecule has 0 spiro atoms. The van der Waals surface area contributed by atoms with Gasteiger partial charge in [0.25, 0.3) is 0 Å². The van der Waals surface area contributed by atoms with Crippen molar-refractivity contribution in [2.75, 3.05) is 31.1 Å². The summed E-state index contributed by atoms with van der Waals surface area (Å²) in [5, 5.41) is 2.66. The SMILES string of the molecule is CCn1c2ccccc2c2cc(CN3CCN(c4ncccc4OC(=O)C(C)C)CC3)ccc21. The third-order valence-corrected chi connectivity index (χ3v) is 6.66. The lowest BCUT2D eigenvalue weighted by Crippen LogP contribution is -2.46. The molecule has 0 amide bonds. The van der Waals surface area contributed by atoms with Crippen LogP contribution in [0.5, 0.6) is 5.75 Å². The van der Waals surface area contributed by atoms with Crippen LogP contribution < -0.4 is 9.64 Å². The second-order valence-electron chi connectivity index (χ2n) is 9.28. The van der Waals surface area contributed by atoms with E-state index in [0.29, 0.717) is 5.75 Å². The number of carbonyl (C=O) groups excluding carboxylic acids is 1. The summed E-state index contributed by atoms with van der Waals surface area (Å²) in [4.78, 5) is 21.4. The van der Waals surface area contributed by atoms with E-state index < -0.39 is 0 Å². The molecule has 2 aromatic heterocycles. The molecule has 0 atom stereocenters. The van der Waals surface area contributed by atoms with Crippen molar-refractivity contribution in [3.63, 3.8) is 0 Å². The van der Waals surface area contributed by atoms with Crippen LogP contribution in [0.4, 0.5) is 5.82 Å². The number of pyridine rings is 1. The molecule has 1 fully saturated rings. The van der Waals surface area contributed by atoms with Gasteiger partial charge in [-0.15, -0.1) is 0 Å². The van der Waals surface area contributed by atoms with Gasteiger partial charge in [-0.25, -0.2) is 4.98 Å². The average Bonchev–Trinajstić information content (AvgIpc) is 3.18. The van der Waals surface area contributed by atoms with Crippen LogP contribution in [0.1, 0.15) is 26.3 Å². The molecule has 0 saturated carbocycles. The maximum absolute atomic E-state index is 12.1. The van der Waals surface area contributed by atoms with Crippen molar-refractivity contribution in [2.45, 2.75) is 33.9 Å². The van der Waals surface area contributed by atoms with E-state index in [2.05, 4.69) is 68.7 Å². The monoisotopic (exact) mass is 456 g/mol. The van der Waals surface area contributed by atoms with Gasteiger partial charge in [-0.1, -0.05) is 38.1 Å². The minimum atomic E-state index is -0.229. The Labute approximate surface area is 200 Å². The number of nitrogens with zero attached hydrogens (tertiary/aromatic N) is 4. The molecule has 0 radical (unpaired) electrons. The Hall–Kier alpha value is -3.38. The van der Waals surface area contributed by atoms with Gasteiger partial charge in [0, 0.05) is 67.3 Å². The summed E-state index contributed by atoms with van der Waals surface area (Å²) in [6.07, 6.45) is 1.76. The smallest absolute Gasteiger partial charge is 0.313 e. The fraction of sp³-hybridized carbons (Fsp3) is 0.357. The van der Waals surface area contributed by atoms with Gasteiger partial charge < -0.3 is 14.2 Å². The molecule has 4 aromatic rings. The summed E-state index contributed by atoms with van der Waals surface area (Å²) in [6, 6.07) is 19.2. The van der Waals surface area contributed by atoms with Gasteiger partial charge >= 0.3 is 5.97 Å². The van der Waals surface area contributed by atoms with Crippen molar-refractivity contribution in [2.24, 2.45) is 5.92 Å². The lowest BCUT2D eigenvalue weighted by atomic mass is 10.1. The molecule has 0 unspecified atom stereocenters. The molecule has 34 heavy (non-hydrogen) atoms. The molecule has 0 N–H and O–H groups in total. The van der Waals surface area contributed by atoms with Crippen LogP contribution in [0.25, 0.3) is 21.8 Å². The summed E-state index contributed by atoms with van der Waals surface area (Å²) < 4.78 is 8.00. The number of aromatic nitrogens is 2. The largest absolute Gasteiger partial charge is 0.422 e. The fourth-order valence-corrected chi connectivity index (χ4v) is 4.84. The molecule has 0 bridgehead atoms. The zero-order chi connectivity index (χ0) is 23.7. The van der Waals surface area contributed by atoms with Crippen molar-refractivity contribution in [3.8, 4) is 5.75 Å². The summed E-state index contributed by atoms with van der Waals surface area (Å²) in [7, 11) is 0. The molecule has 6 heteroatoms. The molecule has 1 aliphatic heterocycles. The topological polar surface area (TPSA) is 50.6 Å². The first-order valence-electron chi connectivity index (χ1n) is 12.2. The van der Waals surface area contributed by atoms with Gasteiger partial charge in [0.1, 0.15) is 0 Å². The van der Waals surface area contributed by atoms with E-state index in [0.717, 1.165) is 45.1 Å². The molecule has 1 saturated heterocycles. The average molecular weight is 457 g/mol. The Bertz CT molecular complexity index is 1320. The maximum atomic E-state index is 12.1. The zero-order valence-electron chi connectivity index (χ0n) is 20.2. The highest BCUT2D eigenvalue weighted by Gasteiger charge is 2.23. The Kier molecular flexibility index (Phi) is 6.24. The van der Waals surface area contributed by atoms with E-state index in [9.17, 15) is 4.79 Å². The number of rotatable bonds is 6. The van der Waals surface area contributed by atoms with Crippen molar-refractivity contribution in [1.82, 2.24) is 14.5 Å². The standard InChI is InChI=1S/C28H32N4O2/c1-4-32-24-9-6-5-8-22(24)23-18-21(11-12-25(23)32)19-30-14-16-31(17-15-30)27-26(10-7-13-29-27)34-28(33)20(2)3/h5-13,18,20H,4,14-17,19H2,1-3H3. The van der Waals surface area contributed by atoms with Crippen LogP contribution in [0.2, 0.25) is 0 Å². The third-order valence-electron chi connectivity index (χ3n) is 6.66. The van der Waals surface area contributed by atoms with Crippen molar-refractivity contribution < 1.29 is 9.53 Å². The third kappa shape index (κ3) is 4.26. The molecular weight excluding hydrogens is 424 g/mol. The van der Waals surface area contributed by atoms with Gasteiger partial charge in [0.05, 0.1) is 5.92 Å². The maximum Gasteiger partial charge on any atom is 0.313 e. The fourth-order valence-electron chi connectivity index (χ4n) is 4.84. The number of aryl methyl sites for hydroxylation is 1. The summed E-state index contributed by atoms with van der Waals surface area (Å²) in [5.74, 6) is 0.902. The second kappa shape index (κ2) is 9.47. The van der Waals surface area contributed by atoms with Crippen LogP contribution in [0.15, 0.2) is 60.8 Å². The predicted octanol–water partition coefficient (Wildman–Crippen LogP) is 5.09. The Morgan fingerprint density at radius 2 is 1.74 bits per heavy atom. The molecule has 0 aliphatic carbocycles. The number of benzene rings is 2. The number of esters is 1. The predicted molar refractivity (Wildman–Crippen MR) is 137 cm³/mol. The van der Waals surface area contributed by atoms with Gasteiger partial charge in [0.2, 0.25) is 0 Å². The van der Waals surface area contributed by atoms with Gasteiger partial charge in [-0.3, -0.25) is 9.69 Å². The highest BCUT2D eigenvalue weighted by atomic mass is 16.5. The van der Waals surface area contributed by atoms with Crippen LogP contribution in [0.3, 0.4) is 0 Å². The number of hydrogen-bond donors (Lipinski definition) is 0. The summed E-state index contributed by atoms with van der Waals surface area (Å²) in [6.45, 7) is 11.3. The molecule has 2 aromatic carbocycles. The normalized spacial score (nSPS) is 14.9. The van der Waals surface area contributed by atoms with Gasteiger partial charge in [-0.05, 0) is 42.8 Å². The molecule has 6 nitrogen and oxygen atoms in total. The number of anilines is 1. The number of fused-ring (bicyclic) bond motifs is 3. The Balaban J connectivity index is 1.29. The first-order valence-corrected chi connectivity index (χ1v) is 12.2. The van der Waals surface area contributed by atoms with Crippen molar-refractivity contribution >= 4 is 33.6 Å². The Morgan fingerprint density at radius 1 is 0.971 bits per heavy atom. The Morgan fingerprint density at radius 3 is 2.50 bits per heavy atom. The first kappa shape index (κ1) is 22.4. The van der Waals surface area contributed by atoms with Crippen LogP contribution in [0, 0.1) is 5.92 Å².